The first kappa shape index (κ1) is 24.0. The van der Waals surface area contributed by atoms with Crippen LogP contribution < -0.4 is 0 Å². The lowest BCUT2D eigenvalue weighted by Gasteiger charge is -2.28. The molecule has 3 rings (SSSR count). The van der Waals surface area contributed by atoms with Gasteiger partial charge in [0.05, 0.1) is 26.0 Å². The van der Waals surface area contributed by atoms with Crippen LogP contribution in [0.4, 0.5) is 0 Å². The smallest absolute Gasteiger partial charge is 0.354 e. The lowest BCUT2D eigenvalue weighted by Crippen LogP contribution is -2.43. The number of nitrogens with zero attached hydrogens (tertiary/aromatic N) is 2. The number of Topliss-reactive ketones (excluding diaryl/α,β-unsaturated/α-hetero) is 1. The number of carbonyl (C=O) groups excluding carboxylic acids is 3. The predicted molar refractivity (Wildman–Crippen MR) is 124 cm³/mol. The van der Waals surface area contributed by atoms with Gasteiger partial charge in [-0.2, -0.15) is 0 Å². The lowest BCUT2D eigenvalue weighted by molar-refractivity contribution is 0.0585. The van der Waals surface area contributed by atoms with E-state index in [1.54, 1.807) is 42.7 Å². The molecule has 7 nitrogen and oxygen atoms in total. The summed E-state index contributed by atoms with van der Waals surface area (Å²) in [4.78, 5) is 41.1. The molecule has 7 heteroatoms. The van der Waals surface area contributed by atoms with E-state index in [-0.39, 0.29) is 18.2 Å². The van der Waals surface area contributed by atoms with E-state index in [1.165, 1.54) is 18.3 Å². The zero-order valence-corrected chi connectivity index (χ0v) is 20.0. The topological polar surface area (TPSA) is 81.8 Å². The fourth-order valence-corrected chi connectivity index (χ4v) is 4.18. The molecule has 0 radical (unpaired) electrons. The first-order valence-corrected chi connectivity index (χ1v) is 10.9. The first-order chi connectivity index (χ1) is 15.7. The summed E-state index contributed by atoms with van der Waals surface area (Å²) in [5.41, 5.74) is 3.55. The molecule has 174 valence electrons. The van der Waals surface area contributed by atoms with Gasteiger partial charge in [0, 0.05) is 23.4 Å². The second-order valence-corrected chi connectivity index (χ2v) is 8.09. The highest BCUT2D eigenvalue weighted by molar-refractivity contribution is 6.07. The third kappa shape index (κ3) is 4.62. The van der Waals surface area contributed by atoms with Crippen molar-refractivity contribution in [1.29, 1.82) is 0 Å². The van der Waals surface area contributed by atoms with E-state index >= 15 is 0 Å². The number of methoxy groups -OCH3 is 1. The largest absolute Gasteiger partial charge is 0.467 e. The fourth-order valence-electron chi connectivity index (χ4n) is 4.18. The summed E-state index contributed by atoms with van der Waals surface area (Å²) in [6.07, 6.45) is 1.54. The van der Waals surface area contributed by atoms with Crippen molar-refractivity contribution in [3.8, 4) is 0 Å². The van der Waals surface area contributed by atoms with Gasteiger partial charge < -0.3 is 18.6 Å². The van der Waals surface area contributed by atoms with Crippen molar-refractivity contribution < 1.29 is 23.5 Å². The molecule has 3 aromatic rings. The molecule has 0 saturated carbocycles. The highest BCUT2D eigenvalue weighted by atomic mass is 16.5. The molecule has 0 spiro atoms. The van der Waals surface area contributed by atoms with E-state index in [4.69, 9.17) is 9.15 Å². The molecule has 1 amide bonds. The molecule has 0 aliphatic rings. The summed E-state index contributed by atoms with van der Waals surface area (Å²) in [7, 11) is 1.32. The minimum absolute atomic E-state index is 0.142. The number of aryl methyl sites for hydroxylation is 1. The number of esters is 1. The molecular formula is C26H30N2O5. The summed E-state index contributed by atoms with van der Waals surface area (Å²) in [6.45, 7) is 9.76. The zero-order valence-electron chi connectivity index (χ0n) is 20.0. The Hall–Kier alpha value is -3.61. The van der Waals surface area contributed by atoms with Gasteiger partial charge in [0.1, 0.15) is 11.5 Å². The summed E-state index contributed by atoms with van der Waals surface area (Å²) in [6, 6.07) is 9.96. The average Bonchev–Trinajstić information content (AvgIpc) is 3.41. The molecule has 33 heavy (non-hydrogen) atoms. The van der Waals surface area contributed by atoms with Crippen molar-refractivity contribution in [3.63, 3.8) is 0 Å². The van der Waals surface area contributed by atoms with Crippen molar-refractivity contribution in [1.82, 2.24) is 9.47 Å². The number of ether oxygens (including phenoxy) is 1. The van der Waals surface area contributed by atoms with Crippen LogP contribution >= 0.6 is 0 Å². The molecule has 1 aromatic carbocycles. The van der Waals surface area contributed by atoms with Crippen LogP contribution in [0.15, 0.2) is 47.1 Å². The number of carbonyl (C=O) groups is 3. The zero-order chi connectivity index (χ0) is 24.3. The molecule has 0 bridgehead atoms. The quantitative estimate of drug-likeness (QED) is 0.366. The Morgan fingerprint density at radius 1 is 1.09 bits per heavy atom. The summed E-state index contributed by atoms with van der Waals surface area (Å²) < 4.78 is 12.2. The maximum atomic E-state index is 13.7. The van der Waals surface area contributed by atoms with Crippen molar-refractivity contribution in [2.45, 2.75) is 53.8 Å². The number of rotatable bonds is 8. The van der Waals surface area contributed by atoms with Crippen molar-refractivity contribution in [2.75, 3.05) is 7.11 Å². The van der Waals surface area contributed by atoms with Crippen molar-refractivity contribution in [3.05, 3.63) is 82.1 Å². The van der Waals surface area contributed by atoms with Gasteiger partial charge in [-0.1, -0.05) is 17.7 Å². The van der Waals surface area contributed by atoms with Crippen LogP contribution in [-0.2, 0) is 17.8 Å². The summed E-state index contributed by atoms with van der Waals surface area (Å²) in [5, 5.41) is 0. The van der Waals surface area contributed by atoms with Crippen LogP contribution in [0.5, 0.6) is 0 Å². The van der Waals surface area contributed by atoms with Crippen LogP contribution in [-0.4, -0.2) is 40.3 Å². The number of benzene rings is 1. The third-order valence-corrected chi connectivity index (χ3v) is 6.02. The number of amides is 1. The fraction of sp³-hybridized carbons (Fsp3) is 0.346. The Bertz CT molecular complexity index is 1160. The van der Waals surface area contributed by atoms with Gasteiger partial charge in [-0.25, -0.2) is 4.79 Å². The minimum Gasteiger partial charge on any atom is -0.467 e. The predicted octanol–water partition coefficient (Wildman–Crippen LogP) is 4.73. The molecule has 0 N–H and O–H groups in total. The van der Waals surface area contributed by atoms with E-state index in [0.717, 1.165) is 5.56 Å². The standard InChI is InChI=1S/C26H30N2O5/c1-7-27-18(4)22(17(3)23(27)26(31)32-6)24(29)19(5)28(15-21-9-8-14-33-21)25(30)20-12-10-16(2)11-13-20/h8-14,19H,7,15H2,1-6H3/t19-/m0/s1. The summed E-state index contributed by atoms with van der Waals surface area (Å²) >= 11 is 0. The second kappa shape index (κ2) is 9.90. The van der Waals surface area contributed by atoms with Crippen LogP contribution in [0.25, 0.3) is 0 Å². The van der Waals surface area contributed by atoms with Crippen molar-refractivity contribution in [2.24, 2.45) is 0 Å². The maximum Gasteiger partial charge on any atom is 0.354 e. The number of ketones is 1. The highest BCUT2D eigenvalue weighted by Crippen LogP contribution is 2.27. The molecule has 2 heterocycles. The van der Waals surface area contributed by atoms with Gasteiger partial charge in [-0.15, -0.1) is 0 Å². The third-order valence-electron chi connectivity index (χ3n) is 6.02. The van der Waals surface area contributed by atoms with Gasteiger partial charge in [-0.05, 0) is 64.4 Å². The van der Waals surface area contributed by atoms with E-state index in [9.17, 15) is 14.4 Å². The SMILES string of the molecule is CCn1c(C)c(C(=O)[C@H](C)N(Cc2ccco2)C(=O)c2ccc(C)cc2)c(C)c1C(=O)OC. The average molecular weight is 451 g/mol. The Kier molecular flexibility index (Phi) is 7.21. The molecule has 0 unspecified atom stereocenters. The molecule has 0 saturated heterocycles. The number of hydrogen-bond donors (Lipinski definition) is 0. The molecule has 0 fully saturated rings. The molecule has 1 atom stereocenters. The van der Waals surface area contributed by atoms with Crippen molar-refractivity contribution >= 4 is 17.7 Å². The maximum absolute atomic E-state index is 13.7. The Labute approximate surface area is 193 Å². The normalized spacial score (nSPS) is 11.8. The second-order valence-electron chi connectivity index (χ2n) is 8.09. The highest BCUT2D eigenvalue weighted by Gasteiger charge is 2.33. The molecular weight excluding hydrogens is 420 g/mol. The monoisotopic (exact) mass is 450 g/mol. The number of hydrogen-bond acceptors (Lipinski definition) is 5. The molecule has 2 aromatic heterocycles. The summed E-state index contributed by atoms with van der Waals surface area (Å²) in [5.74, 6) is -0.433. The van der Waals surface area contributed by atoms with Crippen LogP contribution in [0.1, 0.15) is 67.6 Å². The van der Waals surface area contributed by atoms with Gasteiger partial charge in [0.2, 0.25) is 0 Å². The molecule has 0 aliphatic carbocycles. The van der Waals surface area contributed by atoms with Gasteiger partial charge >= 0.3 is 5.97 Å². The minimum atomic E-state index is -0.792. The van der Waals surface area contributed by atoms with E-state index in [0.29, 0.717) is 40.4 Å². The van der Waals surface area contributed by atoms with Crippen LogP contribution in [0.2, 0.25) is 0 Å². The van der Waals surface area contributed by atoms with E-state index < -0.39 is 12.0 Å². The Morgan fingerprint density at radius 2 is 1.76 bits per heavy atom. The van der Waals surface area contributed by atoms with Crippen LogP contribution in [0.3, 0.4) is 0 Å². The number of furan rings is 1. The van der Waals surface area contributed by atoms with Crippen LogP contribution in [0, 0.1) is 20.8 Å². The Morgan fingerprint density at radius 3 is 2.30 bits per heavy atom. The first-order valence-electron chi connectivity index (χ1n) is 10.9. The Balaban J connectivity index is 2.04. The van der Waals surface area contributed by atoms with Gasteiger partial charge in [0.25, 0.3) is 5.91 Å². The van der Waals surface area contributed by atoms with Gasteiger partial charge in [-0.3, -0.25) is 9.59 Å². The number of aromatic nitrogens is 1. The van der Waals surface area contributed by atoms with Gasteiger partial charge in [0.15, 0.2) is 5.78 Å². The molecule has 0 aliphatic heterocycles. The lowest BCUT2D eigenvalue weighted by atomic mass is 9.99. The van der Waals surface area contributed by atoms with E-state index in [1.807, 2.05) is 32.9 Å². The van der Waals surface area contributed by atoms with E-state index in [2.05, 4.69) is 0 Å².